The van der Waals surface area contributed by atoms with Gasteiger partial charge >= 0.3 is 0 Å². The van der Waals surface area contributed by atoms with Crippen molar-refractivity contribution in [3.8, 4) is 11.3 Å². The number of benzene rings is 2. The van der Waals surface area contributed by atoms with Crippen molar-refractivity contribution in [2.45, 2.75) is 39.8 Å². The van der Waals surface area contributed by atoms with Crippen molar-refractivity contribution in [2.24, 2.45) is 0 Å². The molecule has 5 rings (SSSR count). The van der Waals surface area contributed by atoms with Crippen LogP contribution in [-0.2, 0) is 24.3 Å². The number of hydrogen-bond donors (Lipinski definition) is 1. The number of hydrogen-bond acceptors (Lipinski definition) is 5. The van der Waals surface area contributed by atoms with Crippen LogP contribution in [0.5, 0.6) is 0 Å². The average Bonchev–Trinajstić information content (AvgIpc) is 3.51. The third-order valence-electron chi connectivity index (χ3n) is 6.14. The maximum atomic E-state index is 12.8. The number of aromatic nitrogens is 6. The SMILES string of the molecule is Cc1nc2ncnn2c(C)c1CCC(=O)NCc1cn(Cc2ccccc2)nc1-c1ccccc1. The summed E-state index contributed by atoms with van der Waals surface area (Å²) in [6, 6.07) is 20.3. The molecule has 35 heavy (non-hydrogen) atoms. The molecule has 0 unspecified atom stereocenters. The van der Waals surface area contributed by atoms with Crippen LogP contribution in [0.15, 0.2) is 73.2 Å². The second kappa shape index (κ2) is 9.89. The first-order chi connectivity index (χ1) is 17.1. The molecule has 2 aromatic carbocycles. The Labute approximate surface area is 203 Å². The van der Waals surface area contributed by atoms with E-state index in [-0.39, 0.29) is 5.91 Å². The molecule has 3 aromatic heterocycles. The number of nitrogens with zero attached hydrogens (tertiary/aromatic N) is 6. The Hall–Kier alpha value is -4.33. The second-order valence-corrected chi connectivity index (χ2v) is 8.56. The molecule has 176 valence electrons. The molecule has 8 heteroatoms. The Balaban J connectivity index is 1.29. The van der Waals surface area contributed by atoms with Crippen molar-refractivity contribution in [3.63, 3.8) is 0 Å². The molecular formula is C27H27N7O. The summed E-state index contributed by atoms with van der Waals surface area (Å²) in [6.45, 7) is 5.01. The number of rotatable bonds is 8. The molecule has 0 fully saturated rings. The van der Waals surface area contributed by atoms with Crippen LogP contribution >= 0.6 is 0 Å². The highest BCUT2D eigenvalue weighted by Gasteiger charge is 2.15. The predicted octanol–water partition coefficient (Wildman–Crippen LogP) is 3.90. The zero-order valence-electron chi connectivity index (χ0n) is 19.8. The molecule has 0 atom stereocenters. The number of amides is 1. The topological polar surface area (TPSA) is 90.0 Å². The van der Waals surface area contributed by atoms with Gasteiger partial charge in [-0.3, -0.25) is 9.48 Å². The number of carbonyl (C=O) groups excluding carboxylic acids is 1. The fourth-order valence-electron chi connectivity index (χ4n) is 4.32. The van der Waals surface area contributed by atoms with Gasteiger partial charge in [0, 0.05) is 41.7 Å². The minimum absolute atomic E-state index is 0.0164. The van der Waals surface area contributed by atoms with Gasteiger partial charge in [-0.2, -0.15) is 15.2 Å². The first kappa shape index (κ1) is 22.5. The number of carbonyl (C=O) groups is 1. The molecule has 0 saturated carbocycles. The highest BCUT2D eigenvalue weighted by Crippen LogP contribution is 2.22. The van der Waals surface area contributed by atoms with Gasteiger partial charge in [0.1, 0.15) is 6.33 Å². The second-order valence-electron chi connectivity index (χ2n) is 8.56. The van der Waals surface area contributed by atoms with Crippen molar-refractivity contribution in [1.82, 2.24) is 34.7 Å². The van der Waals surface area contributed by atoms with E-state index in [1.54, 1.807) is 4.52 Å². The highest BCUT2D eigenvalue weighted by molar-refractivity contribution is 5.76. The summed E-state index contributed by atoms with van der Waals surface area (Å²) in [7, 11) is 0. The van der Waals surface area contributed by atoms with Gasteiger partial charge in [-0.05, 0) is 31.4 Å². The number of fused-ring (bicyclic) bond motifs is 1. The van der Waals surface area contributed by atoms with Crippen molar-refractivity contribution >= 4 is 11.7 Å². The van der Waals surface area contributed by atoms with Crippen molar-refractivity contribution in [3.05, 3.63) is 101 Å². The minimum atomic E-state index is -0.0164. The summed E-state index contributed by atoms with van der Waals surface area (Å²) in [5.41, 5.74) is 6.94. The zero-order valence-corrected chi connectivity index (χ0v) is 19.8. The fraction of sp³-hybridized carbons (Fsp3) is 0.222. The van der Waals surface area contributed by atoms with Crippen molar-refractivity contribution in [1.29, 1.82) is 0 Å². The first-order valence-electron chi connectivity index (χ1n) is 11.7. The van der Waals surface area contributed by atoms with E-state index in [4.69, 9.17) is 5.10 Å². The maximum absolute atomic E-state index is 12.8. The lowest BCUT2D eigenvalue weighted by atomic mass is 10.1. The van der Waals surface area contributed by atoms with E-state index in [9.17, 15) is 4.79 Å². The molecule has 0 aliphatic heterocycles. The summed E-state index contributed by atoms with van der Waals surface area (Å²) >= 11 is 0. The predicted molar refractivity (Wildman–Crippen MR) is 134 cm³/mol. The van der Waals surface area contributed by atoms with Crippen molar-refractivity contribution in [2.75, 3.05) is 0 Å². The molecular weight excluding hydrogens is 438 g/mol. The van der Waals surface area contributed by atoms with Gasteiger partial charge < -0.3 is 5.32 Å². The van der Waals surface area contributed by atoms with Gasteiger partial charge in [0.05, 0.1) is 12.2 Å². The summed E-state index contributed by atoms with van der Waals surface area (Å²) in [5, 5.41) is 12.1. The van der Waals surface area contributed by atoms with Gasteiger partial charge in [-0.25, -0.2) is 9.50 Å². The van der Waals surface area contributed by atoms with Gasteiger partial charge in [0.25, 0.3) is 5.78 Å². The van der Waals surface area contributed by atoms with Crippen LogP contribution in [0.4, 0.5) is 0 Å². The van der Waals surface area contributed by atoms with E-state index in [0.717, 1.165) is 33.8 Å². The lowest BCUT2D eigenvalue weighted by molar-refractivity contribution is -0.121. The van der Waals surface area contributed by atoms with E-state index >= 15 is 0 Å². The van der Waals surface area contributed by atoms with Gasteiger partial charge in [0.2, 0.25) is 5.91 Å². The lowest BCUT2D eigenvalue weighted by Gasteiger charge is -2.10. The lowest BCUT2D eigenvalue weighted by Crippen LogP contribution is -2.23. The monoisotopic (exact) mass is 465 g/mol. The maximum Gasteiger partial charge on any atom is 0.252 e. The minimum Gasteiger partial charge on any atom is -0.352 e. The average molecular weight is 466 g/mol. The Bertz CT molecular complexity index is 1460. The van der Waals surface area contributed by atoms with Gasteiger partial charge in [-0.15, -0.1) is 0 Å². The van der Waals surface area contributed by atoms with Gasteiger partial charge in [-0.1, -0.05) is 60.7 Å². The molecule has 8 nitrogen and oxygen atoms in total. The molecule has 1 N–H and O–H groups in total. The van der Waals surface area contributed by atoms with E-state index in [1.165, 1.54) is 11.9 Å². The Morgan fingerprint density at radius 1 is 1.00 bits per heavy atom. The normalized spacial score (nSPS) is 11.1. The Morgan fingerprint density at radius 2 is 1.74 bits per heavy atom. The van der Waals surface area contributed by atoms with Crippen molar-refractivity contribution < 1.29 is 4.79 Å². The molecule has 0 saturated heterocycles. The molecule has 0 bridgehead atoms. The Morgan fingerprint density at radius 3 is 2.51 bits per heavy atom. The van der Waals surface area contributed by atoms with Crippen LogP contribution in [0.3, 0.4) is 0 Å². The van der Waals surface area contributed by atoms with E-state index in [1.807, 2.05) is 73.3 Å². The standard InChI is InChI=1S/C27H27N7O/c1-19-24(20(2)34-27(31-19)29-18-30-34)13-14-25(35)28-15-23-17-33(16-21-9-5-3-6-10-21)32-26(23)22-11-7-4-8-12-22/h3-12,17-18H,13-16H2,1-2H3,(H,28,35). The highest BCUT2D eigenvalue weighted by atomic mass is 16.1. The molecule has 3 heterocycles. The summed E-state index contributed by atoms with van der Waals surface area (Å²) < 4.78 is 3.65. The molecule has 5 aromatic rings. The number of aryl methyl sites for hydroxylation is 2. The van der Waals surface area contributed by atoms with Crippen LogP contribution in [-0.4, -0.2) is 35.3 Å². The number of nitrogens with one attached hydrogen (secondary N) is 1. The summed E-state index contributed by atoms with van der Waals surface area (Å²) in [4.78, 5) is 21.4. The molecule has 0 radical (unpaired) electrons. The largest absolute Gasteiger partial charge is 0.352 e. The Kier molecular flexibility index (Phi) is 6.34. The van der Waals surface area contributed by atoms with E-state index < -0.39 is 0 Å². The quantitative estimate of drug-likeness (QED) is 0.375. The van der Waals surface area contributed by atoms with E-state index in [2.05, 4.69) is 32.5 Å². The van der Waals surface area contributed by atoms with Gasteiger partial charge in [0.15, 0.2) is 0 Å². The first-order valence-corrected chi connectivity index (χ1v) is 11.7. The van der Waals surface area contributed by atoms with Crippen LogP contribution < -0.4 is 5.32 Å². The zero-order chi connectivity index (χ0) is 24.2. The third-order valence-corrected chi connectivity index (χ3v) is 6.14. The summed E-state index contributed by atoms with van der Waals surface area (Å²) in [6.07, 6.45) is 4.47. The molecule has 0 spiro atoms. The molecule has 1 amide bonds. The van der Waals surface area contributed by atoms with Crippen LogP contribution in [0.25, 0.3) is 17.0 Å². The van der Waals surface area contributed by atoms with Crippen LogP contribution in [0.2, 0.25) is 0 Å². The molecule has 0 aliphatic rings. The third kappa shape index (κ3) is 4.96. The van der Waals surface area contributed by atoms with E-state index in [0.29, 0.717) is 31.7 Å². The van der Waals surface area contributed by atoms with Crippen LogP contribution in [0.1, 0.15) is 34.5 Å². The smallest absolute Gasteiger partial charge is 0.252 e. The van der Waals surface area contributed by atoms with Crippen LogP contribution in [0, 0.1) is 13.8 Å². The molecule has 0 aliphatic carbocycles. The summed E-state index contributed by atoms with van der Waals surface area (Å²) in [5.74, 6) is 0.562. The fourth-order valence-corrected chi connectivity index (χ4v) is 4.32.